The highest BCUT2D eigenvalue weighted by Gasteiger charge is 2.10. The van der Waals surface area contributed by atoms with Gasteiger partial charge in [0.15, 0.2) is 0 Å². The van der Waals surface area contributed by atoms with Gasteiger partial charge in [-0.1, -0.05) is 30.8 Å². The fraction of sp³-hybridized carbons (Fsp3) is 0.100. The number of nitrogens with zero attached hydrogens (tertiary/aromatic N) is 4. The van der Waals surface area contributed by atoms with Crippen LogP contribution < -0.4 is 8.85 Å². The van der Waals surface area contributed by atoms with E-state index in [0.29, 0.717) is 17.7 Å². The molecule has 0 fully saturated rings. The van der Waals surface area contributed by atoms with Gasteiger partial charge in [-0.25, -0.2) is 9.38 Å². The van der Waals surface area contributed by atoms with E-state index in [1.807, 2.05) is 52.5 Å². The van der Waals surface area contributed by atoms with Crippen molar-refractivity contribution in [2.45, 2.75) is 6.42 Å². The minimum Gasteiger partial charge on any atom is -0.508 e. The highest BCUT2D eigenvalue weighted by molar-refractivity contribution is 14.2. The Labute approximate surface area is 242 Å². The lowest BCUT2D eigenvalue weighted by molar-refractivity contribution is 0.298. The van der Waals surface area contributed by atoms with Gasteiger partial charge < -0.3 is 19.1 Å². The third-order valence-electron chi connectivity index (χ3n) is 5.60. The second-order valence-electron chi connectivity index (χ2n) is 8.46. The van der Waals surface area contributed by atoms with E-state index >= 15 is 0 Å². The molecule has 4 aromatic rings. The molecule has 0 saturated carbocycles. The molecule has 2 aromatic carbocycles. The number of halogens is 2. The largest absolute Gasteiger partial charge is 0.508 e. The zero-order valence-corrected chi connectivity index (χ0v) is 23.9. The summed E-state index contributed by atoms with van der Waals surface area (Å²) >= 11 is -0.730. The van der Waals surface area contributed by atoms with Crippen LogP contribution in [-0.4, -0.2) is 49.5 Å². The summed E-state index contributed by atoms with van der Waals surface area (Å²) in [6.07, 6.45) is 3.68. The van der Waals surface area contributed by atoms with Crippen molar-refractivity contribution >= 4 is 48.1 Å². The van der Waals surface area contributed by atoms with Gasteiger partial charge in [-0.2, -0.15) is 0 Å². The van der Waals surface area contributed by atoms with Crippen molar-refractivity contribution in [3.63, 3.8) is 0 Å². The number of anilines is 2. The SMILES string of the molecule is C=C(F)/C(=N\C(=NC)NI=Cc1ccc(Nc2ccc(-c3cccc(O)c3)cc2)cn1)c1ccc(CCO)nc1. The van der Waals surface area contributed by atoms with Crippen LogP contribution in [0.4, 0.5) is 15.8 Å². The van der Waals surface area contributed by atoms with E-state index < -0.39 is 26.8 Å². The molecular weight excluding hydrogens is 622 g/mol. The van der Waals surface area contributed by atoms with Crippen LogP contribution in [0.2, 0.25) is 0 Å². The summed E-state index contributed by atoms with van der Waals surface area (Å²) < 4.78 is 19.3. The van der Waals surface area contributed by atoms with E-state index in [4.69, 9.17) is 5.11 Å². The summed E-state index contributed by atoms with van der Waals surface area (Å²) in [5.41, 5.74) is 5.73. The third kappa shape index (κ3) is 8.10. The normalized spacial score (nSPS) is 12.2. The first-order valence-electron chi connectivity index (χ1n) is 12.3. The lowest BCUT2D eigenvalue weighted by atomic mass is 10.1. The van der Waals surface area contributed by atoms with Crippen molar-refractivity contribution in [3.8, 4) is 16.9 Å². The van der Waals surface area contributed by atoms with E-state index in [1.165, 1.54) is 6.20 Å². The van der Waals surface area contributed by atoms with Crippen LogP contribution in [0.25, 0.3) is 11.1 Å². The first-order chi connectivity index (χ1) is 19.4. The molecule has 0 aliphatic heterocycles. The van der Waals surface area contributed by atoms with Crippen LogP contribution in [0.1, 0.15) is 17.0 Å². The number of hydrogen-bond acceptors (Lipinski definition) is 6. The molecule has 0 bridgehead atoms. The molecule has 0 saturated heterocycles. The number of rotatable bonds is 9. The summed E-state index contributed by atoms with van der Waals surface area (Å²) in [5, 5.41) is 22.1. The van der Waals surface area contributed by atoms with E-state index in [0.717, 1.165) is 28.2 Å². The summed E-state index contributed by atoms with van der Waals surface area (Å²) in [5.74, 6) is -0.175. The number of benzene rings is 2. The Bertz CT molecular complexity index is 1540. The van der Waals surface area contributed by atoms with Crippen molar-refractivity contribution in [2.24, 2.45) is 9.98 Å². The number of hydrogen-bond donors (Lipinski definition) is 4. The number of phenolic OH excluding ortho intramolecular Hbond substituents is 1. The number of pyridine rings is 2. The first-order valence-corrected chi connectivity index (χ1v) is 14.6. The molecule has 204 valence electrons. The molecule has 0 radical (unpaired) electrons. The van der Waals surface area contributed by atoms with E-state index in [9.17, 15) is 9.50 Å². The van der Waals surface area contributed by atoms with Crippen LogP contribution in [-0.2, 0) is 6.42 Å². The zero-order valence-electron chi connectivity index (χ0n) is 21.7. The number of phenols is 1. The lowest BCUT2D eigenvalue weighted by Gasteiger charge is -2.08. The molecule has 2 aromatic heterocycles. The molecule has 0 spiro atoms. The van der Waals surface area contributed by atoms with Crippen LogP contribution >= 0.6 is 21.0 Å². The Morgan fingerprint density at radius 2 is 1.80 bits per heavy atom. The van der Waals surface area contributed by atoms with Crippen LogP contribution in [0.5, 0.6) is 5.75 Å². The fourth-order valence-electron chi connectivity index (χ4n) is 3.60. The summed E-state index contributed by atoms with van der Waals surface area (Å²) in [4.78, 5) is 17.2. The molecule has 2 heterocycles. The second-order valence-corrected chi connectivity index (χ2v) is 10.2. The number of guanidine groups is 1. The van der Waals surface area contributed by atoms with Crippen molar-refractivity contribution in [1.29, 1.82) is 0 Å². The van der Waals surface area contributed by atoms with Gasteiger partial charge in [0, 0.05) is 68.2 Å². The first kappa shape index (κ1) is 28.7. The Kier molecular flexibility index (Phi) is 10.2. The molecule has 0 aliphatic rings. The molecule has 0 unspecified atom stereocenters. The maximum atomic E-state index is 14.2. The lowest BCUT2D eigenvalue weighted by Crippen LogP contribution is -2.15. The highest BCUT2D eigenvalue weighted by atomic mass is 127. The average molecular weight is 650 g/mol. The molecule has 0 aliphatic carbocycles. The molecule has 0 amide bonds. The van der Waals surface area contributed by atoms with Crippen LogP contribution in [0.3, 0.4) is 0 Å². The monoisotopic (exact) mass is 650 g/mol. The molecule has 4 rings (SSSR count). The fourth-order valence-corrected chi connectivity index (χ4v) is 5.09. The van der Waals surface area contributed by atoms with Crippen LogP contribution in [0, 0.1) is 0 Å². The van der Waals surface area contributed by atoms with Crippen molar-refractivity contribution in [2.75, 3.05) is 19.0 Å². The standard InChI is InChI=1S/C30H28FIN6O2/c1-20(31)29(23-8-9-24(14-15-39)34-18-23)37-30(33-2)38-32-17-26-12-13-27(19-35-26)36-25-10-6-21(7-11-25)22-4-3-5-28(40)16-22/h3-13,16-19,36,39-40H,1,14-15H2,2H3,(H,33,38)/b37-29+. The molecular formula is C30H28FIN6O2. The van der Waals surface area contributed by atoms with Crippen molar-refractivity contribution in [3.05, 3.63) is 115 Å². The third-order valence-corrected chi connectivity index (χ3v) is 7.34. The predicted octanol–water partition coefficient (Wildman–Crippen LogP) is 5.71. The molecule has 0 atom stereocenters. The van der Waals surface area contributed by atoms with Gasteiger partial charge in [0.1, 0.15) is 17.3 Å². The Morgan fingerprint density at radius 1 is 1.00 bits per heavy atom. The van der Waals surface area contributed by atoms with E-state index in [2.05, 4.69) is 35.4 Å². The number of aromatic hydroxyl groups is 1. The van der Waals surface area contributed by atoms with Gasteiger partial charge in [0.25, 0.3) is 0 Å². The molecule has 40 heavy (non-hydrogen) atoms. The zero-order chi connectivity index (χ0) is 28.3. The van der Waals surface area contributed by atoms with E-state index in [1.54, 1.807) is 37.5 Å². The van der Waals surface area contributed by atoms with Gasteiger partial charge in [-0.15, -0.1) is 0 Å². The van der Waals surface area contributed by atoms with Crippen molar-refractivity contribution < 1.29 is 14.6 Å². The summed E-state index contributed by atoms with van der Waals surface area (Å²) in [6.45, 7) is 3.38. The number of aliphatic hydroxyl groups excluding tert-OH is 1. The molecule has 10 heteroatoms. The summed E-state index contributed by atoms with van der Waals surface area (Å²) in [7, 11) is 1.58. The minimum atomic E-state index is -0.730. The molecule has 4 N–H and O–H groups in total. The number of allylic oxidation sites excluding steroid dienone is 1. The van der Waals surface area contributed by atoms with Gasteiger partial charge in [0.05, 0.1) is 17.6 Å². The predicted molar refractivity (Wildman–Crippen MR) is 169 cm³/mol. The van der Waals surface area contributed by atoms with E-state index in [-0.39, 0.29) is 24.0 Å². The number of nitrogens with one attached hydrogen (secondary N) is 2. The number of aliphatic imine (C=N–C) groups is 2. The Morgan fingerprint density at radius 3 is 2.42 bits per heavy atom. The van der Waals surface area contributed by atoms with Gasteiger partial charge >= 0.3 is 0 Å². The van der Waals surface area contributed by atoms with Crippen molar-refractivity contribution in [1.82, 2.24) is 13.5 Å². The maximum absolute atomic E-state index is 14.2. The Balaban J connectivity index is 1.36. The van der Waals surface area contributed by atoms with Gasteiger partial charge in [0.2, 0.25) is 5.96 Å². The highest BCUT2D eigenvalue weighted by Crippen LogP contribution is 2.25. The van der Waals surface area contributed by atoms with Gasteiger partial charge in [-0.3, -0.25) is 15.0 Å². The second kappa shape index (κ2) is 14.2. The minimum absolute atomic E-state index is 0.00968. The maximum Gasteiger partial charge on any atom is 0.226 e. The van der Waals surface area contributed by atoms with Crippen LogP contribution in [0.15, 0.2) is 108 Å². The topological polar surface area (TPSA) is 115 Å². The van der Waals surface area contributed by atoms with Gasteiger partial charge in [-0.05, 0) is 59.7 Å². The quantitative estimate of drug-likeness (QED) is 0.0799. The summed E-state index contributed by atoms with van der Waals surface area (Å²) in [6, 6.07) is 22.3. The smallest absolute Gasteiger partial charge is 0.226 e. The molecule has 8 nitrogen and oxygen atoms in total. The Hall–Kier alpha value is -4.29. The number of aliphatic hydroxyl groups is 1. The average Bonchev–Trinajstić information content (AvgIpc) is 2.97. The number of aromatic nitrogens is 2.